The lowest BCUT2D eigenvalue weighted by atomic mass is 9.97. The normalized spacial score (nSPS) is 13.9. The Labute approximate surface area is 171 Å². The molecular weight excluding hydrogens is 364 g/mol. The molecule has 1 aliphatic heterocycles. The minimum Gasteiger partial charge on any atom is -0.496 e. The fourth-order valence-corrected chi connectivity index (χ4v) is 3.84. The summed E-state index contributed by atoms with van der Waals surface area (Å²) >= 11 is 0. The van der Waals surface area contributed by atoms with Gasteiger partial charge in [0.2, 0.25) is 5.91 Å². The number of hydrogen-bond donors (Lipinski definition) is 0. The molecule has 0 aliphatic carbocycles. The number of aryl methyl sites for hydroxylation is 2. The number of hydrogen-bond acceptors (Lipinski definition) is 4. The molecule has 2 aromatic heterocycles. The average molecular weight is 390 g/mol. The maximum atomic E-state index is 12.6. The number of rotatable bonds is 7. The van der Waals surface area contributed by atoms with Gasteiger partial charge < -0.3 is 14.2 Å². The molecule has 1 aromatic carbocycles. The van der Waals surface area contributed by atoms with Gasteiger partial charge in [-0.1, -0.05) is 18.2 Å². The number of carbonyl (C=O) groups excluding carboxylic acids is 1. The third-order valence-corrected chi connectivity index (χ3v) is 5.58. The summed E-state index contributed by atoms with van der Waals surface area (Å²) < 4.78 is 7.62. The Bertz CT molecular complexity index is 978. The molecule has 0 atom stereocenters. The molecule has 1 amide bonds. The Balaban J connectivity index is 1.35. The number of likely N-dealkylation sites (tertiary alicyclic amines) is 1. The lowest BCUT2D eigenvalue weighted by Crippen LogP contribution is -2.49. The zero-order chi connectivity index (χ0) is 20.2. The predicted molar refractivity (Wildman–Crippen MR) is 111 cm³/mol. The van der Waals surface area contributed by atoms with Crippen LogP contribution in [0.2, 0.25) is 0 Å². The number of ether oxygens (including phenoxy) is 1. The van der Waals surface area contributed by atoms with Crippen molar-refractivity contribution in [2.75, 3.05) is 20.2 Å². The second kappa shape index (κ2) is 8.47. The Morgan fingerprint density at radius 3 is 2.69 bits per heavy atom. The van der Waals surface area contributed by atoms with E-state index >= 15 is 0 Å². The Hall–Kier alpha value is -3.15. The van der Waals surface area contributed by atoms with Gasteiger partial charge in [0, 0.05) is 50.3 Å². The second-order valence-electron chi connectivity index (χ2n) is 7.51. The minimum atomic E-state index is 0.191. The van der Waals surface area contributed by atoms with Crippen LogP contribution in [0.4, 0.5) is 0 Å². The van der Waals surface area contributed by atoms with E-state index in [1.54, 1.807) is 7.11 Å². The van der Waals surface area contributed by atoms with Gasteiger partial charge in [-0.2, -0.15) is 0 Å². The highest BCUT2D eigenvalue weighted by Crippen LogP contribution is 2.28. The number of amides is 1. The molecule has 0 saturated carbocycles. The SMILES string of the molecule is COc1ccccc1CCC(=O)N1CC(c2ncc(C)n2Cc2ccncc2)C1. The van der Waals surface area contributed by atoms with Crippen molar-refractivity contribution in [3.05, 3.63) is 77.6 Å². The number of pyridine rings is 1. The van der Waals surface area contributed by atoms with E-state index in [2.05, 4.69) is 21.5 Å². The van der Waals surface area contributed by atoms with Crippen molar-refractivity contribution in [1.29, 1.82) is 0 Å². The maximum Gasteiger partial charge on any atom is 0.222 e. The van der Waals surface area contributed by atoms with Crippen LogP contribution in [0.5, 0.6) is 5.75 Å². The van der Waals surface area contributed by atoms with Crippen molar-refractivity contribution in [3.8, 4) is 5.75 Å². The highest BCUT2D eigenvalue weighted by molar-refractivity contribution is 5.77. The molecule has 0 radical (unpaired) electrons. The van der Waals surface area contributed by atoms with E-state index in [-0.39, 0.29) is 5.91 Å². The summed E-state index contributed by atoms with van der Waals surface area (Å²) in [5, 5.41) is 0. The number of para-hydroxylation sites is 1. The van der Waals surface area contributed by atoms with Gasteiger partial charge in [0.1, 0.15) is 11.6 Å². The summed E-state index contributed by atoms with van der Waals surface area (Å²) in [4.78, 5) is 23.3. The summed E-state index contributed by atoms with van der Waals surface area (Å²) in [6, 6.07) is 11.9. The van der Waals surface area contributed by atoms with E-state index in [0.29, 0.717) is 18.8 Å². The number of aromatic nitrogens is 3. The minimum absolute atomic E-state index is 0.191. The Morgan fingerprint density at radius 2 is 1.93 bits per heavy atom. The average Bonchev–Trinajstić information content (AvgIpc) is 3.06. The van der Waals surface area contributed by atoms with Gasteiger partial charge in [-0.25, -0.2) is 4.98 Å². The Morgan fingerprint density at radius 1 is 1.17 bits per heavy atom. The zero-order valence-corrected chi connectivity index (χ0v) is 16.9. The van der Waals surface area contributed by atoms with Crippen molar-refractivity contribution in [3.63, 3.8) is 0 Å². The molecule has 1 fully saturated rings. The quantitative estimate of drug-likeness (QED) is 0.622. The van der Waals surface area contributed by atoms with Crippen LogP contribution in [0.15, 0.2) is 55.0 Å². The van der Waals surface area contributed by atoms with E-state index in [9.17, 15) is 4.79 Å². The molecule has 0 N–H and O–H groups in total. The van der Waals surface area contributed by atoms with Crippen LogP contribution in [0, 0.1) is 6.92 Å². The van der Waals surface area contributed by atoms with E-state index in [4.69, 9.17) is 4.74 Å². The molecule has 1 saturated heterocycles. The zero-order valence-electron chi connectivity index (χ0n) is 16.9. The van der Waals surface area contributed by atoms with Crippen LogP contribution >= 0.6 is 0 Å². The number of nitrogens with zero attached hydrogens (tertiary/aromatic N) is 4. The highest BCUT2D eigenvalue weighted by Gasteiger charge is 2.34. The molecule has 4 rings (SSSR count). The van der Waals surface area contributed by atoms with Gasteiger partial charge in [0.05, 0.1) is 13.0 Å². The molecule has 3 heterocycles. The first-order chi connectivity index (χ1) is 14.2. The van der Waals surface area contributed by atoms with Gasteiger partial charge in [0.25, 0.3) is 0 Å². The first kappa shape index (κ1) is 19.2. The molecule has 29 heavy (non-hydrogen) atoms. The monoisotopic (exact) mass is 390 g/mol. The van der Waals surface area contributed by atoms with E-state index < -0.39 is 0 Å². The maximum absolute atomic E-state index is 12.6. The number of imidazole rings is 1. The van der Waals surface area contributed by atoms with E-state index in [1.165, 1.54) is 5.56 Å². The van der Waals surface area contributed by atoms with Gasteiger partial charge in [0.15, 0.2) is 0 Å². The molecule has 6 heteroatoms. The lowest BCUT2D eigenvalue weighted by molar-refractivity contribution is -0.135. The molecule has 0 unspecified atom stereocenters. The van der Waals surface area contributed by atoms with Crippen LogP contribution < -0.4 is 4.74 Å². The molecular formula is C23H26N4O2. The lowest BCUT2D eigenvalue weighted by Gasteiger charge is -2.39. The number of benzene rings is 1. The topological polar surface area (TPSA) is 60.2 Å². The standard InChI is InChI=1S/C23H26N4O2/c1-17-13-25-23(27(17)14-18-9-11-24-12-10-18)20-15-26(16-20)22(28)8-7-19-5-3-4-6-21(19)29-2/h3-6,9-13,20H,7-8,14-16H2,1-2H3. The summed E-state index contributed by atoms with van der Waals surface area (Å²) in [6.45, 7) is 4.32. The first-order valence-electron chi connectivity index (χ1n) is 9.96. The summed E-state index contributed by atoms with van der Waals surface area (Å²) in [5.41, 5.74) is 3.41. The van der Waals surface area contributed by atoms with Crippen LogP contribution in [-0.4, -0.2) is 45.5 Å². The van der Waals surface area contributed by atoms with Gasteiger partial charge in [-0.3, -0.25) is 9.78 Å². The first-order valence-corrected chi connectivity index (χ1v) is 9.96. The molecule has 6 nitrogen and oxygen atoms in total. The fourth-order valence-electron chi connectivity index (χ4n) is 3.84. The van der Waals surface area contributed by atoms with Crippen LogP contribution in [0.3, 0.4) is 0 Å². The summed E-state index contributed by atoms with van der Waals surface area (Å²) in [6.07, 6.45) is 6.74. The molecule has 3 aromatic rings. The van der Waals surface area contributed by atoms with E-state index in [1.807, 2.05) is 59.9 Å². The molecule has 0 spiro atoms. The summed E-state index contributed by atoms with van der Waals surface area (Å²) in [7, 11) is 1.66. The molecule has 0 bridgehead atoms. The van der Waals surface area contributed by atoms with Crippen molar-refractivity contribution >= 4 is 5.91 Å². The number of methoxy groups -OCH3 is 1. The third kappa shape index (κ3) is 4.16. The van der Waals surface area contributed by atoms with Crippen LogP contribution in [-0.2, 0) is 17.8 Å². The summed E-state index contributed by atoms with van der Waals surface area (Å²) in [5.74, 6) is 2.39. The molecule has 150 valence electrons. The van der Waals surface area contributed by atoms with Crippen molar-refractivity contribution in [1.82, 2.24) is 19.4 Å². The van der Waals surface area contributed by atoms with Gasteiger partial charge in [-0.15, -0.1) is 0 Å². The number of carbonyl (C=O) groups is 1. The van der Waals surface area contributed by atoms with E-state index in [0.717, 1.165) is 42.5 Å². The van der Waals surface area contributed by atoms with Gasteiger partial charge >= 0.3 is 0 Å². The fraction of sp³-hybridized carbons (Fsp3) is 0.348. The Kier molecular flexibility index (Phi) is 5.60. The van der Waals surface area contributed by atoms with Crippen LogP contribution in [0.25, 0.3) is 0 Å². The second-order valence-corrected chi connectivity index (χ2v) is 7.51. The van der Waals surface area contributed by atoms with Gasteiger partial charge in [-0.05, 0) is 42.7 Å². The van der Waals surface area contributed by atoms with Crippen molar-refractivity contribution in [2.45, 2.75) is 32.2 Å². The highest BCUT2D eigenvalue weighted by atomic mass is 16.5. The predicted octanol–water partition coefficient (Wildman–Crippen LogP) is 3.20. The molecule has 1 aliphatic rings. The third-order valence-electron chi connectivity index (χ3n) is 5.58. The van der Waals surface area contributed by atoms with Crippen molar-refractivity contribution < 1.29 is 9.53 Å². The largest absolute Gasteiger partial charge is 0.496 e. The van der Waals surface area contributed by atoms with Crippen LogP contribution in [0.1, 0.15) is 35.0 Å². The smallest absolute Gasteiger partial charge is 0.222 e. The van der Waals surface area contributed by atoms with Crippen molar-refractivity contribution in [2.24, 2.45) is 0 Å².